The molecule has 14 heavy (non-hydrogen) atoms. The highest BCUT2D eigenvalue weighted by Crippen LogP contribution is 2.56. The van der Waals surface area contributed by atoms with E-state index in [-0.39, 0.29) is 11.3 Å². The normalized spacial score (nSPS) is 41.6. The van der Waals surface area contributed by atoms with Crippen LogP contribution in [0.3, 0.4) is 0 Å². The molecule has 2 heteroatoms. The number of rotatable bonds is 3. The van der Waals surface area contributed by atoms with Gasteiger partial charge in [0.1, 0.15) is 0 Å². The van der Waals surface area contributed by atoms with Crippen LogP contribution in [-0.4, -0.2) is 11.1 Å². The largest absolute Gasteiger partial charge is 0.481 e. The standard InChI is InChI=1S/C12H18O2/c1-8(11(13)14)6-12-4-3-10(7-12)5-9(12)2/h3-4,8-10H,5-7H2,1-2H3,(H,13,14). The van der Waals surface area contributed by atoms with Crippen molar-refractivity contribution in [3.8, 4) is 0 Å². The number of aliphatic carboxylic acids is 1. The van der Waals surface area contributed by atoms with Gasteiger partial charge in [-0.2, -0.15) is 0 Å². The summed E-state index contributed by atoms with van der Waals surface area (Å²) in [6.45, 7) is 4.08. The lowest BCUT2D eigenvalue weighted by Crippen LogP contribution is -2.26. The number of carboxylic acid groups (broad SMARTS) is 1. The number of fused-ring (bicyclic) bond motifs is 2. The topological polar surface area (TPSA) is 37.3 Å². The summed E-state index contributed by atoms with van der Waals surface area (Å²) < 4.78 is 0. The Kier molecular flexibility index (Phi) is 2.17. The van der Waals surface area contributed by atoms with Gasteiger partial charge in [0.2, 0.25) is 0 Å². The molecular formula is C12H18O2. The number of hydrogen-bond acceptors (Lipinski definition) is 1. The van der Waals surface area contributed by atoms with Gasteiger partial charge >= 0.3 is 5.97 Å². The van der Waals surface area contributed by atoms with Crippen molar-refractivity contribution in [3.63, 3.8) is 0 Å². The van der Waals surface area contributed by atoms with Crippen molar-refractivity contribution in [1.29, 1.82) is 0 Å². The zero-order chi connectivity index (χ0) is 10.3. The van der Waals surface area contributed by atoms with E-state index < -0.39 is 5.97 Å². The van der Waals surface area contributed by atoms with Gasteiger partial charge in [0, 0.05) is 0 Å². The summed E-state index contributed by atoms with van der Waals surface area (Å²) in [5.74, 6) is 0.527. The third kappa shape index (κ3) is 1.37. The Labute approximate surface area is 85.0 Å². The summed E-state index contributed by atoms with van der Waals surface area (Å²) in [4.78, 5) is 10.8. The molecule has 2 rings (SSSR count). The van der Waals surface area contributed by atoms with Crippen molar-refractivity contribution >= 4 is 5.97 Å². The van der Waals surface area contributed by atoms with E-state index in [2.05, 4.69) is 19.1 Å². The first-order valence-electron chi connectivity index (χ1n) is 5.46. The van der Waals surface area contributed by atoms with Crippen LogP contribution in [0.15, 0.2) is 12.2 Å². The van der Waals surface area contributed by atoms with E-state index in [1.165, 1.54) is 12.8 Å². The summed E-state index contributed by atoms with van der Waals surface area (Å²) in [7, 11) is 0. The van der Waals surface area contributed by atoms with Gasteiger partial charge in [0.15, 0.2) is 0 Å². The summed E-state index contributed by atoms with van der Waals surface area (Å²) in [5.41, 5.74) is 0.211. The van der Waals surface area contributed by atoms with Gasteiger partial charge in [0.05, 0.1) is 5.92 Å². The first kappa shape index (κ1) is 9.75. The lowest BCUT2D eigenvalue weighted by Gasteiger charge is -2.31. The monoisotopic (exact) mass is 194 g/mol. The highest BCUT2D eigenvalue weighted by Gasteiger charge is 2.47. The lowest BCUT2D eigenvalue weighted by molar-refractivity contribution is -0.142. The molecule has 0 spiro atoms. The van der Waals surface area contributed by atoms with Crippen LogP contribution >= 0.6 is 0 Å². The van der Waals surface area contributed by atoms with Crippen LogP contribution in [0.25, 0.3) is 0 Å². The Bertz CT molecular complexity index is 282. The second-order valence-corrected chi connectivity index (χ2v) is 5.14. The fourth-order valence-electron chi connectivity index (χ4n) is 3.18. The van der Waals surface area contributed by atoms with Crippen molar-refractivity contribution < 1.29 is 9.90 Å². The second-order valence-electron chi connectivity index (χ2n) is 5.14. The summed E-state index contributed by atoms with van der Waals surface area (Å²) in [5, 5.41) is 8.93. The molecule has 4 atom stereocenters. The number of carbonyl (C=O) groups is 1. The van der Waals surface area contributed by atoms with E-state index in [1.54, 1.807) is 0 Å². The predicted octanol–water partition coefficient (Wildman–Crippen LogP) is 2.70. The van der Waals surface area contributed by atoms with E-state index in [4.69, 9.17) is 5.11 Å². The summed E-state index contributed by atoms with van der Waals surface area (Å²) >= 11 is 0. The van der Waals surface area contributed by atoms with Gasteiger partial charge in [-0.3, -0.25) is 4.79 Å². The molecule has 4 unspecified atom stereocenters. The maximum atomic E-state index is 10.8. The second kappa shape index (κ2) is 3.11. The minimum atomic E-state index is -0.657. The number of carboxylic acids is 1. The first-order chi connectivity index (χ1) is 6.53. The lowest BCUT2D eigenvalue weighted by atomic mass is 9.73. The molecule has 0 aromatic heterocycles. The Morgan fingerprint density at radius 3 is 2.86 bits per heavy atom. The Morgan fingerprint density at radius 2 is 2.43 bits per heavy atom. The van der Waals surface area contributed by atoms with Crippen molar-refractivity contribution in [2.45, 2.75) is 33.1 Å². The molecule has 0 saturated heterocycles. The third-order valence-electron chi connectivity index (χ3n) is 4.09. The molecule has 0 aromatic rings. The van der Waals surface area contributed by atoms with Crippen LogP contribution in [0.5, 0.6) is 0 Å². The molecule has 2 nitrogen and oxygen atoms in total. The average molecular weight is 194 g/mol. The minimum absolute atomic E-state index is 0.209. The van der Waals surface area contributed by atoms with Crippen molar-refractivity contribution in [3.05, 3.63) is 12.2 Å². The van der Waals surface area contributed by atoms with E-state index in [9.17, 15) is 4.79 Å². The fraction of sp³-hybridized carbons (Fsp3) is 0.750. The smallest absolute Gasteiger partial charge is 0.306 e. The number of hydrogen-bond donors (Lipinski definition) is 1. The van der Waals surface area contributed by atoms with Gasteiger partial charge in [-0.1, -0.05) is 26.0 Å². The van der Waals surface area contributed by atoms with Gasteiger partial charge in [-0.25, -0.2) is 0 Å². The highest BCUT2D eigenvalue weighted by molar-refractivity contribution is 5.69. The Balaban J connectivity index is 2.10. The molecule has 0 aliphatic heterocycles. The quantitative estimate of drug-likeness (QED) is 0.701. The van der Waals surface area contributed by atoms with Crippen LogP contribution in [0.4, 0.5) is 0 Å². The fourth-order valence-corrected chi connectivity index (χ4v) is 3.18. The Hall–Kier alpha value is -0.790. The molecule has 0 heterocycles. The molecule has 2 aliphatic carbocycles. The molecule has 2 bridgehead atoms. The van der Waals surface area contributed by atoms with Crippen molar-refractivity contribution in [2.24, 2.45) is 23.2 Å². The summed E-state index contributed by atoms with van der Waals surface area (Å²) in [6.07, 6.45) is 7.82. The molecule has 0 amide bonds. The van der Waals surface area contributed by atoms with Gasteiger partial charge in [0.25, 0.3) is 0 Å². The molecule has 0 radical (unpaired) electrons. The molecule has 1 saturated carbocycles. The van der Waals surface area contributed by atoms with E-state index in [0.29, 0.717) is 5.92 Å². The van der Waals surface area contributed by atoms with Crippen LogP contribution in [0.2, 0.25) is 0 Å². The maximum Gasteiger partial charge on any atom is 0.306 e. The first-order valence-corrected chi connectivity index (χ1v) is 5.46. The van der Waals surface area contributed by atoms with Crippen molar-refractivity contribution in [2.75, 3.05) is 0 Å². The zero-order valence-electron chi connectivity index (χ0n) is 8.86. The van der Waals surface area contributed by atoms with Crippen LogP contribution in [0.1, 0.15) is 33.1 Å². The molecule has 1 fully saturated rings. The van der Waals surface area contributed by atoms with Crippen LogP contribution < -0.4 is 0 Å². The van der Waals surface area contributed by atoms with Crippen LogP contribution in [-0.2, 0) is 4.79 Å². The average Bonchev–Trinajstić information content (AvgIpc) is 2.60. The molecule has 1 N–H and O–H groups in total. The van der Waals surface area contributed by atoms with Crippen molar-refractivity contribution in [1.82, 2.24) is 0 Å². The molecule has 78 valence electrons. The minimum Gasteiger partial charge on any atom is -0.481 e. The summed E-state index contributed by atoms with van der Waals surface area (Å²) in [6, 6.07) is 0. The molecule has 0 aromatic carbocycles. The zero-order valence-corrected chi connectivity index (χ0v) is 8.86. The molecule has 2 aliphatic rings. The maximum absolute atomic E-state index is 10.8. The Morgan fingerprint density at radius 1 is 1.71 bits per heavy atom. The SMILES string of the molecule is CC(CC12C=CC(CC1C)C2)C(=O)O. The van der Waals surface area contributed by atoms with Crippen LogP contribution in [0, 0.1) is 23.2 Å². The number of allylic oxidation sites excluding steroid dienone is 2. The third-order valence-corrected chi connectivity index (χ3v) is 4.09. The molecular weight excluding hydrogens is 176 g/mol. The highest BCUT2D eigenvalue weighted by atomic mass is 16.4. The van der Waals surface area contributed by atoms with E-state index in [0.717, 1.165) is 12.3 Å². The van der Waals surface area contributed by atoms with Gasteiger partial charge in [-0.05, 0) is 36.5 Å². The van der Waals surface area contributed by atoms with E-state index >= 15 is 0 Å². The predicted molar refractivity (Wildman–Crippen MR) is 54.9 cm³/mol. The van der Waals surface area contributed by atoms with Gasteiger partial charge in [-0.15, -0.1) is 0 Å². The van der Waals surface area contributed by atoms with Gasteiger partial charge < -0.3 is 5.11 Å². The van der Waals surface area contributed by atoms with E-state index in [1.807, 2.05) is 6.92 Å².